The third-order valence-corrected chi connectivity index (χ3v) is 2.89. The fraction of sp³-hybridized carbons (Fsp3) is 0.385. The molecule has 0 amide bonds. The van der Waals surface area contributed by atoms with E-state index in [0.717, 1.165) is 5.56 Å². The molecule has 2 aromatic rings. The molecular weight excluding hydrogens is 260 g/mol. The largest absolute Gasteiger partial charge is 0.493 e. The number of hydrogen-bond acceptors (Lipinski definition) is 6. The molecule has 0 aliphatic carbocycles. The van der Waals surface area contributed by atoms with Crippen molar-refractivity contribution in [1.29, 1.82) is 0 Å². The lowest BCUT2D eigenvalue weighted by atomic mass is 10.2. The summed E-state index contributed by atoms with van der Waals surface area (Å²) >= 11 is 0. The molecule has 0 spiro atoms. The van der Waals surface area contributed by atoms with Gasteiger partial charge in [-0.2, -0.15) is 10.1 Å². The summed E-state index contributed by atoms with van der Waals surface area (Å²) in [5, 5.41) is 7.18. The van der Waals surface area contributed by atoms with Gasteiger partial charge in [-0.05, 0) is 17.7 Å². The number of nitrogens with zero attached hydrogens (tertiary/aromatic N) is 3. The van der Waals surface area contributed by atoms with E-state index < -0.39 is 0 Å². The summed E-state index contributed by atoms with van der Waals surface area (Å²) in [7, 11) is 6.59. The van der Waals surface area contributed by atoms with E-state index in [2.05, 4.69) is 15.4 Å². The average Bonchev–Trinajstić information content (AvgIpc) is 2.89. The van der Waals surface area contributed by atoms with Crippen molar-refractivity contribution in [2.24, 2.45) is 7.05 Å². The maximum atomic E-state index is 5.31. The van der Waals surface area contributed by atoms with Gasteiger partial charge < -0.3 is 19.5 Å². The Morgan fingerprint density at radius 2 is 1.75 bits per heavy atom. The van der Waals surface area contributed by atoms with Gasteiger partial charge in [-0.1, -0.05) is 0 Å². The first-order valence-electron chi connectivity index (χ1n) is 6.06. The van der Waals surface area contributed by atoms with Gasteiger partial charge in [-0.3, -0.25) is 0 Å². The summed E-state index contributed by atoms with van der Waals surface area (Å²) in [4.78, 5) is 4.10. The van der Waals surface area contributed by atoms with E-state index in [1.165, 1.54) is 6.33 Å². The van der Waals surface area contributed by atoms with Crippen LogP contribution in [0.1, 0.15) is 5.56 Å². The first kappa shape index (κ1) is 14.0. The molecule has 2 rings (SSSR count). The second kappa shape index (κ2) is 6.14. The Balaban J connectivity index is 2.21. The molecule has 7 nitrogen and oxygen atoms in total. The molecular formula is C13H18N4O3. The van der Waals surface area contributed by atoms with Crippen molar-refractivity contribution in [2.75, 3.05) is 26.6 Å². The van der Waals surface area contributed by atoms with Crippen LogP contribution in [0.5, 0.6) is 17.2 Å². The highest BCUT2D eigenvalue weighted by Crippen LogP contribution is 2.38. The zero-order valence-electron chi connectivity index (χ0n) is 12.0. The molecule has 0 saturated carbocycles. The van der Waals surface area contributed by atoms with Gasteiger partial charge in [0.05, 0.1) is 21.3 Å². The van der Waals surface area contributed by atoms with Gasteiger partial charge in [0.2, 0.25) is 11.7 Å². The third kappa shape index (κ3) is 2.76. The Labute approximate surface area is 117 Å². The van der Waals surface area contributed by atoms with E-state index in [0.29, 0.717) is 29.7 Å². The maximum Gasteiger partial charge on any atom is 0.221 e. The number of anilines is 1. The molecule has 0 atom stereocenters. The highest BCUT2D eigenvalue weighted by Gasteiger charge is 2.13. The number of methoxy groups -OCH3 is 3. The topological polar surface area (TPSA) is 70.4 Å². The minimum absolute atomic E-state index is 0.573. The van der Waals surface area contributed by atoms with Crippen molar-refractivity contribution in [3.05, 3.63) is 24.0 Å². The van der Waals surface area contributed by atoms with Crippen LogP contribution in [-0.2, 0) is 13.6 Å². The predicted octanol–water partition coefficient (Wildman–Crippen LogP) is 1.45. The van der Waals surface area contributed by atoms with Crippen molar-refractivity contribution in [3.63, 3.8) is 0 Å². The second-order valence-corrected chi connectivity index (χ2v) is 4.09. The minimum Gasteiger partial charge on any atom is -0.493 e. The molecule has 0 radical (unpaired) electrons. The van der Waals surface area contributed by atoms with Gasteiger partial charge in [-0.25, -0.2) is 4.68 Å². The van der Waals surface area contributed by atoms with Crippen molar-refractivity contribution >= 4 is 5.95 Å². The lowest BCUT2D eigenvalue weighted by Gasteiger charge is -2.14. The van der Waals surface area contributed by atoms with Gasteiger partial charge in [0.15, 0.2) is 11.5 Å². The van der Waals surface area contributed by atoms with Crippen LogP contribution in [0.15, 0.2) is 18.5 Å². The van der Waals surface area contributed by atoms with E-state index >= 15 is 0 Å². The smallest absolute Gasteiger partial charge is 0.221 e. The number of rotatable bonds is 6. The quantitative estimate of drug-likeness (QED) is 0.862. The van der Waals surface area contributed by atoms with Crippen molar-refractivity contribution in [2.45, 2.75) is 6.54 Å². The van der Waals surface area contributed by atoms with Gasteiger partial charge in [0.25, 0.3) is 0 Å². The van der Waals surface area contributed by atoms with Gasteiger partial charge in [0.1, 0.15) is 6.33 Å². The first-order valence-corrected chi connectivity index (χ1v) is 6.06. The number of hydrogen-bond donors (Lipinski definition) is 1. The number of nitrogens with one attached hydrogen (secondary N) is 1. The summed E-state index contributed by atoms with van der Waals surface area (Å²) in [5.74, 6) is 2.53. The second-order valence-electron chi connectivity index (χ2n) is 4.09. The summed E-state index contributed by atoms with van der Waals surface area (Å²) in [6.45, 7) is 0.573. The Hall–Kier alpha value is -2.44. The highest BCUT2D eigenvalue weighted by atomic mass is 16.5. The molecule has 108 valence electrons. The Morgan fingerprint density at radius 1 is 1.10 bits per heavy atom. The Bertz CT molecular complexity index is 558. The van der Waals surface area contributed by atoms with Crippen molar-refractivity contribution < 1.29 is 14.2 Å². The standard InChI is InChI=1S/C13H18N4O3/c1-17-13(15-8-16-17)14-7-9-5-10(18-2)12(20-4)11(6-9)19-3/h5-6,8H,7H2,1-4H3,(H,14,15,16). The monoisotopic (exact) mass is 278 g/mol. The van der Waals surface area contributed by atoms with Crippen molar-refractivity contribution in [1.82, 2.24) is 14.8 Å². The maximum absolute atomic E-state index is 5.31. The first-order chi connectivity index (χ1) is 9.69. The highest BCUT2D eigenvalue weighted by molar-refractivity contribution is 5.54. The average molecular weight is 278 g/mol. The van der Waals surface area contributed by atoms with Gasteiger partial charge >= 0.3 is 0 Å². The molecule has 0 bridgehead atoms. The lowest BCUT2D eigenvalue weighted by Crippen LogP contribution is -2.06. The molecule has 1 aromatic heterocycles. The molecule has 7 heteroatoms. The van der Waals surface area contributed by atoms with Gasteiger partial charge in [-0.15, -0.1) is 0 Å². The van der Waals surface area contributed by atoms with Crippen LogP contribution in [0, 0.1) is 0 Å². The predicted molar refractivity (Wildman–Crippen MR) is 74.4 cm³/mol. The number of aryl methyl sites for hydroxylation is 1. The van der Waals surface area contributed by atoms with Crippen LogP contribution in [0.2, 0.25) is 0 Å². The molecule has 0 unspecified atom stereocenters. The molecule has 0 fully saturated rings. The fourth-order valence-electron chi connectivity index (χ4n) is 1.87. The van der Waals surface area contributed by atoms with Crippen LogP contribution >= 0.6 is 0 Å². The number of aromatic nitrogens is 3. The summed E-state index contributed by atoms with van der Waals surface area (Å²) in [5.41, 5.74) is 0.988. The van der Waals surface area contributed by atoms with Crippen LogP contribution < -0.4 is 19.5 Å². The molecule has 1 N–H and O–H groups in total. The lowest BCUT2D eigenvalue weighted by molar-refractivity contribution is 0.324. The van der Waals surface area contributed by atoms with E-state index in [1.54, 1.807) is 26.0 Å². The van der Waals surface area contributed by atoms with Crippen LogP contribution in [-0.4, -0.2) is 36.1 Å². The van der Waals surface area contributed by atoms with Crippen LogP contribution in [0.4, 0.5) is 5.95 Å². The molecule has 1 heterocycles. The van der Waals surface area contributed by atoms with E-state index in [9.17, 15) is 0 Å². The van der Waals surface area contributed by atoms with E-state index in [4.69, 9.17) is 14.2 Å². The normalized spacial score (nSPS) is 10.2. The molecule has 0 aliphatic rings. The molecule has 0 aliphatic heterocycles. The molecule has 0 saturated heterocycles. The summed E-state index contributed by atoms with van der Waals surface area (Å²) < 4.78 is 17.6. The van der Waals surface area contributed by atoms with Crippen molar-refractivity contribution in [3.8, 4) is 17.2 Å². The minimum atomic E-state index is 0.573. The SMILES string of the molecule is COc1cc(CNc2ncnn2C)cc(OC)c1OC. The number of ether oxygens (including phenoxy) is 3. The Kier molecular flexibility index (Phi) is 4.29. The van der Waals surface area contributed by atoms with E-state index in [-0.39, 0.29) is 0 Å². The number of benzene rings is 1. The van der Waals surface area contributed by atoms with E-state index in [1.807, 2.05) is 19.2 Å². The zero-order valence-corrected chi connectivity index (χ0v) is 12.0. The zero-order chi connectivity index (χ0) is 14.5. The summed E-state index contributed by atoms with van der Waals surface area (Å²) in [6, 6.07) is 3.79. The van der Waals surface area contributed by atoms with Gasteiger partial charge in [0, 0.05) is 13.6 Å². The third-order valence-electron chi connectivity index (χ3n) is 2.89. The van der Waals surface area contributed by atoms with Crippen LogP contribution in [0.3, 0.4) is 0 Å². The summed E-state index contributed by atoms with van der Waals surface area (Å²) in [6.07, 6.45) is 1.50. The van der Waals surface area contributed by atoms with Crippen LogP contribution in [0.25, 0.3) is 0 Å². The fourth-order valence-corrected chi connectivity index (χ4v) is 1.87. The Morgan fingerprint density at radius 3 is 2.20 bits per heavy atom. The molecule has 20 heavy (non-hydrogen) atoms. The molecule has 1 aromatic carbocycles.